The Morgan fingerprint density at radius 1 is 1.27 bits per heavy atom. The van der Waals surface area contributed by atoms with E-state index in [4.69, 9.17) is 4.74 Å². The van der Waals surface area contributed by atoms with Crippen LogP contribution < -0.4 is 10.6 Å². The zero-order valence-electron chi connectivity index (χ0n) is 15.3. The number of carbonyl (C=O) groups excluding carboxylic acids is 1. The number of nitrogens with zero attached hydrogens (tertiary/aromatic N) is 2. The third kappa shape index (κ3) is 4.63. The van der Waals surface area contributed by atoms with Crippen LogP contribution in [0.1, 0.15) is 28.9 Å². The molecule has 0 radical (unpaired) electrons. The Hall–Kier alpha value is -1.89. The zero-order valence-corrected chi connectivity index (χ0v) is 16.1. The fourth-order valence-electron chi connectivity index (χ4n) is 3.40. The third-order valence-electron chi connectivity index (χ3n) is 4.94. The van der Waals surface area contributed by atoms with Gasteiger partial charge in [0.15, 0.2) is 0 Å². The summed E-state index contributed by atoms with van der Waals surface area (Å²) in [6.45, 7) is 5.25. The highest BCUT2D eigenvalue weighted by Gasteiger charge is 2.32. The van der Waals surface area contributed by atoms with E-state index in [1.54, 1.807) is 13.3 Å². The number of hydrogen-bond donors (Lipinski definition) is 2. The first-order valence-corrected chi connectivity index (χ1v) is 8.72. The van der Waals surface area contributed by atoms with Gasteiger partial charge in [0.2, 0.25) is 0 Å². The molecule has 1 aromatic heterocycles. The maximum absolute atomic E-state index is 12.5. The van der Waals surface area contributed by atoms with Gasteiger partial charge in [-0.2, -0.15) is 5.10 Å². The van der Waals surface area contributed by atoms with E-state index in [2.05, 4.69) is 15.7 Å². The van der Waals surface area contributed by atoms with Crippen molar-refractivity contribution in [3.8, 4) is 5.69 Å². The number of carbonyl (C=O) groups is 1. The minimum absolute atomic E-state index is 0. The summed E-state index contributed by atoms with van der Waals surface area (Å²) in [5.74, 6) is -0.0438. The molecule has 2 N–H and O–H groups in total. The van der Waals surface area contributed by atoms with Crippen molar-refractivity contribution in [3.05, 3.63) is 47.8 Å². The fourth-order valence-corrected chi connectivity index (χ4v) is 3.40. The number of halogens is 1. The average Bonchev–Trinajstić information content (AvgIpc) is 3.07. The first-order valence-electron chi connectivity index (χ1n) is 8.72. The van der Waals surface area contributed by atoms with Crippen molar-refractivity contribution in [3.63, 3.8) is 0 Å². The molecule has 6 nitrogen and oxygen atoms in total. The van der Waals surface area contributed by atoms with Gasteiger partial charge in [0, 0.05) is 36.5 Å². The predicted molar refractivity (Wildman–Crippen MR) is 104 cm³/mol. The van der Waals surface area contributed by atoms with Crippen molar-refractivity contribution in [1.82, 2.24) is 20.4 Å². The summed E-state index contributed by atoms with van der Waals surface area (Å²) in [6, 6.07) is 9.48. The van der Waals surface area contributed by atoms with Crippen LogP contribution in [0.5, 0.6) is 0 Å². The van der Waals surface area contributed by atoms with Crippen molar-refractivity contribution in [2.45, 2.75) is 19.8 Å². The molecule has 7 heteroatoms. The Kier molecular flexibility index (Phi) is 7.20. The van der Waals surface area contributed by atoms with Crippen molar-refractivity contribution in [2.24, 2.45) is 5.41 Å². The first kappa shape index (κ1) is 20.4. The van der Waals surface area contributed by atoms with E-state index in [0.717, 1.165) is 37.3 Å². The molecule has 1 aliphatic heterocycles. The van der Waals surface area contributed by atoms with Gasteiger partial charge < -0.3 is 15.4 Å². The number of hydrogen-bond acceptors (Lipinski definition) is 4. The van der Waals surface area contributed by atoms with Crippen LogP contribution in [0.25, 0.3) is 5.69 Å². The van der Waals surface area contributed by atoms with Crippen LogP contribution in [0.3, 0.4) is 0 Å². The molecule has 1 aromatic carbocycles. The largest absolute Gasteiger partial charge is 0.384 e. The molecule has 1 aliphatic rings. The standard InChI is InChI=1S/C19H26N4O2.ClH/c1-15-7-10-22-23(15)17-5-3-16(4-6-17)18(24)21-13-19(14-25-2)8-11-20-12-9-19;/h3-7,10,20H,8-9,11-14H2,1-2H3,(H,21,24);1H. The normalized spacial score (nSPS) is 15.9. The molecule has 1 fully saturated rings. The lowest BCUT2D eigenvalue weighted by Gasteiger charge is -2.37. The molecule has 26 heavy (non-hydrogen) atoms. The van der Waals surface area contributed by atoms with Gasteiger partial charge >= 0.3 is 0 Å². The van der Waals surface area contributed by atoms with Gasteiger partial charge in [-0.1, -0.05) is 0 Å². The SMILES string of the molecule is COCC1(CNC(=O)c2ccc(-n3nccc3C)cc2)CCNCC1.Cl. The lowest BCUT2D eigenvalue weighted by Crippen LogP contribution is -2.47. The summed E-state index contributed by atoms with van der Waals surface area (Å²) in [5.41, 5.74) is 2.70. The van der Waals surface area contributed by atoms with Gasteiger partial charge in [0.25, 0.3) is 5.91 Å². The summed E-state index contributed by atoms with van der Waals surface area (Å²) in [6.07, 6.45) is 3.79. The van der Waals surface area contributed by atoms with Crippen LogP contribution in [-0.4, -0.2) is 49.0 Å². The van der Waals surface area contributed by atoms with Crippen LogP contribution >= 0.6 is 12.4 Å². The lowest BCUT2D eigenvalue weighted by molar-refractivity contribution is 0.0512. The highest BCUT2D eigenvalue weighted by molar-refractivity contribution is 5.94. The van der Waals surface area contributed by atoms with Gasteiger partial charge in [0.05, 0.1) is 12.3 Å². The Balaban J connectivity index is 0.00000243. The van der Waals surface area contributed by atoms with Crippen LogP contribution in [0.15, 0.2) is 36.5 Å². The molecular formula is C19H27ClN4O2. The average molecular weight is 379 g/mol. The Morgan fingerprint density at radius 2 is 1.96 bits per heavy atom. The summed E-state index contributed by atoms with van der Waals surface area (Å²) in [5, 5.41) is 10.7. The Labute approximate surface area is 160 Å². The van der Waals surface area contributed by atoms with Gasteiger partial charge in [-0.25, -0.2) is 4.68 Å². The molecule has 2 heterocycles. The van der Waals surface area contributed by atoms with E-state index in [9.17, 15) is 4.79 Å². The first-order chi connectivity index (χ1) is 12.1. The highest BCUT2D eigenvalue weighted by Crippen LogP contribution is 2.28. The molecule has 1 saturated heterocycles. The predicted octanol–water partition coefficient (Wildman–Crippen LogP) is 2.35. The van der Waals surface area contributed by atoms with Gasteiger partial charge in [-0.3, -0.25) is 4.79 Å². The number of rotatable bonds is 6. The molecule has 1 amide bonds. The monoisotopic (exact) mass is 378 g/mol. The maximum Gasteiger partial charge on any atom is 0.251 e. The van der Waals surface area contributed by atoms with Crippen molar-refractivity contribution in [2.75, 3.05) is 33.4 Å². The van der Waals surface area contributed by atoms with Gasteiger partial charge in [-0.15, -0.1) is 12.4 Å². The van der Waals surface area contributed by atoms with Crippen LogP contribution in [-0.2, 0) is 4.74 Å². The van der Waals surface area contributed by atoms with Gasteiger partial charge in [-0.05, 0) is 63.2 Å². The van der Waals surface area contributed by atoms with Crippen LogP contribution in [0, 0.1) is 12.3 Å². The minimum Gasteiger partial charge on any atom is -0.384 e. The van der Waals surface area contributed by atoms with E-state index < -0.39 is 0 Å². The number of methoxy groups -OCH3 is 1. The van der Waals surface area contributed by atoms with Crippen molar-refractivity contribution >= 4 is 18.3 Å². The molecule has 142 valence electrons. The Morgan fingerprint density at radius 3 is 2.54 bits per heavy atom. The van der Waals surface area contributed by atoms with Crippen LogP contribution in [0.2, 0.25) is 0 Å². The van der Waals surface area contributed by atoms with Crippen molar-refractivity contribution in [1.29, 1.82) is 0 Å². The maximum atomic E-state index is 12.5. The van der Waals surface area contributed by atoms with E-state index in [1.165, 1.54) is 0 Å². The fraction of sp³-hybridized carbons (Fsp3) is 0.474. The third-order valence-corrected chi connectivity index (χ3v) is 4.94. The lowest BCUT2D eigenvalue weighted by atomic mass is 9.79. The van der Waals surface area contributed by atoms with Crippen LogP contribution in [0.4, 0.5) is 0 Å². The molecule has 0 saturated carbocycles. The number of aryl methyl sites for hydroxylation is 1. The zero-order chi connectivity index (χ0) is 17.7. The molecule has 3 rings (SSSR count). The smallest absolute Gasteiger partial charge is 0.251 e. The number of nitrogens with one attached hydrogen (secondary N) is 2. The quantitative estimate of drug-likeness (QED) is 0.809. The highest BCUT2D eigenvalue weighted by atomic mass is 35.5. The van der Waals surface area contributed by atoms with E-state index >= 15 is 0 Å². The number of amides is 1. The number of piperidine rings is 1. The molecular weight excluding hydrogens is 352 g/mol. The number of benzene rings is 1. The summed E-state index contributed by atoms with van der Waals surface area (Å²) < 4.78 is 7.25. The second-order valence-electron chi connectivity index (χ2n) is 6.80. The second-order valence-corrected chi connectivity index (χ2v) is 6.80. The molecule has 0 bridgehead atoms. The topological polar surface area (TPSA) is 68.2 Å². The molecule has 0 aliphatic carbocycles. The van der Waals surface area contributed by atoms with E-state index in [1.807, 2.05) is 41.9 Å². The number of ether oxygens (including phenoxy) is 1. The second kappa shape index (κ2) is 9.16. The van der Waals surface area contributed by atoms with E-state index in [0.29, 0.717) is 18.7 Å². The minimum atomic E-state index is -0.0438. The number of aromatic nitrogens is 2. The molecule has 2 aromatic rings. The van der Waals surface area contributed by atoms with Crippen molar-refractivity contribution < 1.29 is 9.53 Å². The summed E-state index contributed by atoms with van der Waals surface area (Å²) in [4.78, 5) is 12.5. The van der Waals surface area contributed by atoms with E-state index in [-0.39, 0.29) is 23.7 Å². The molecule has 0 unspecified atom stereocenters. The Bertz CT molecular complexity index is 703. The molecule has 0 spiro atoms. The van der Waals surface area contributed by atoms with Gasteiger partial charge in [0.1, 0.15) is 0 Å². The molecule has 0 atom stereocenters. The summed E-state index contributed by atoms with van der Waals surface area (Å²) >= 11 is 0. The summed E-state index contributed by atoms with van der Waals surface area (Å²) in [7, 11) is 1.72.